The van der Waals surface area contributed by atoms with Crippen molar-refractivity contribution in [2.24, 2.45) is 0 Å². The Morgan fingerprint density at radius 3 is 2.33 bits per heavy atom. The molecule has 190 valence electrons. The van der Waals surface area contributed by atoms with Gasteiger partial charge in [0.25, 0.3) is 5.91 Å². The molecule has 3 rings (SSSR count). The molecule has 2 N–H and O–H groups in total. The molecular weight excluding hydrogens is 457 g/mol. The normalized spacial score (nSPS) is 11.6. The zero-order chi connectivity index (χ0) is 25.9. The zero-order valence-electron chi connectivity index (χ0n) is 20.9. The Bertz CT molecular complexity index is 1140. The number of unbranched alkanes of at least 4 members (excludes halogenated alkanes) is 3. The van der Waals surface area contributed by atoms with Crippen LogP contribution < -0.4 is 10.1 Å². The van der Waals surface area contributed by atoms with E-state index in [9.17, 15) is 14.0 Å². The predicted molar refractivity (Wildman–Crippen MR) is 140 cm³/mol. The number of carbonyl (C=O) groups excluding carboxylic acids is 1. The molecule has 0 saturated heterocycles. The zero-order valence-corrected chi connectivity index (χ0v) is 20.9. The van der Waals surface area contributed by atoms with Crippen molar-refractivity contribution >= 4 is 11.9 Å². The highest BCUT2D eigenvalue weighted by Gasteiger charge is 2.16. The van der Waals surface area contributed by atoms with Crippen LogP contribution >= 0.6 is 0 Å². The number of aryl methyl sites for hydroxylation is 1. The highest BCUT2D eigenvalue weighted by molar-refractivity contribution is 5.94. The van der Waals surface area contributed by atoms with Crippen molar-refractivity contribution in [3.63, 3.8) is 0 Å². The summed E-state index contributed by atoms with van der Waals surface area (Å²) in [7, 11) is 0. The molecule has 0 bridgehead atoms. The number of nitrogens with one attached hydrogen (secondary N) is 1. The fraction of sp³-hybridized carbons (Fsp3) is 0.333. The van der Waals surface area contributed by atoms with E-state index >= 15 is 0 Å². The molecule has 5 nitrogen and oxygen atoms in total. The molecule has 36 heavy (non-hydrogen) atoms. The molecule has 0 saturated carbocycles. The smallest absolute Gasteiger partial charge is 0.305 e. The lowest BCUT2D eigenvalue weighted by Gasteiger charge is -2.21. The number of benzene rings is 3. The predicted octanol–water partition coefficient (Wildman–Crippen LogP) is 7.10. The molecule has 3 aromatic carbocycles. The molecule has 0 aliphatic rings. The molecule has 0 fully saturated rings. The van der Waals surface area contributed by atoms with E-state index < -0.39 is 5.97 Å². The maximum absolute atomic E-state index is 13.3. The molecule has 1 unspecified atom stereocenters. The number of ether oxygens (including phenoxy) is 1. The van der Waals surface area contributed by atoms with E-state index in [1.807, 2.05) is 37.3 Å². The Morgan fingerprint density at radius 1 is 0.972 bits per heavy atom. The number of aliphatic carboxylic acids is 1. The summed E-state index contributed by atoms with van der Waals surface area (Å²) in [5.41, 5.74) is 4.48. The molecule has 0 heterocycles. The molecule has 0 spiro atoms. The van der Waals surface area contributed by atoms with Crippen LogP contribution in [0.15, 0.2) is 66.7 Å². The number of carbonyl (C=O) groups is 2. The number of hydrogen-bond donors (Lipinski definition) is 2. The maximum atomic E-state index is 13.3. The van der Waals surface area contributed by atoms with Gasteiger partial charge in [-0.25, -0.2) is 4.39 Å². The Labute approximate surface area is 212 Å². The van der Waals surface area contributed by atoms with E-state index in [-0.39, 0.29) is 30.8 Å². The van der Waals surface area contributed by atoms with Gasteiger partial charge in [-0.15, -0.1) is 0 Å². The van der Waals surface area contributed by atoms with Crippen molar-refractivity contribution in [3.05, 3.63) is 89.2 Å². The van der Waals surface area contributed by atoms with E-state index in [1.165, 1.54) is 18.6 Å². The first kappa shape index (κ1) is 26.9. The second kappa shape index (κ2) is 13.4. The molecule has 0 aliphatic heterocycles. The standard InChI is InChI=1S/C30H34FNO4/c1-3-4-5-6-7-28(23-8-10-24(11-9-23)30(35)32-19-18-29(33)34)36-26-16-17-27(21(2)20-26)22-12-14-25(31)15-13-22/h8-17,20,28H,3-7,18-19H2,1-2H3,(H,32,35)(H,33,34). The summed E-state index contributed by atoms with van der Waals surface area (Å²) in [6.07, 6.45) is 5.06. The van der Waals surface area contributed by atoms with Crippen molar-refractivity contribution in [1.29, 1.82) is 0 Å². The van der Waals surface area contributed by atoms with Crippen molar-refractivity contribution < 1.29 is 23.8 Å². The molecule has 3 aromatic rings. The van der Waals surface area contributed by atoms with Gasteiger partial charge in [0, 0.05) is 12.1 Å². The number of carboxylic acids is 1. The van der Waals surface area contributed by atoms with Crippen LogP contribution in [-0.2, 0) is 4.79 Å². The van der Waals surface area contributed by atoms with Gasteiger partial charge < -0.3 is 15.2 Å². The lowest BCUT2D eigenvalue weighted by atomic mass is 9.99. The molecular formula is C30H34FNO4. The van der Waals surface area contributed by atoms with Gasteiger partial charge in [-0.3, -0.25) is 9.59 Å². The number of carboxylic acid groups (broad SMARTS) is 1. The van der Waals surface area contributed by atoms with Crippen LogP contribution in [0.25, 0.3) is 11.1 Å². The van der Waals surface area contributed by atoms with Gasteiger partial charge in [-0.2, -0.15) is 0 Å². The van der Waals surface area contributed by atoms with Crippen molar-refractivity contribution in [2.75, 3.05) is 6.54 Å². The van der Waals surface area contributed by atoms with Crippen molar-refractivity contribution in [1.82, 2.24) is 5.32 Å². The average Bonchev–Trinajstić information content (AvgIpc) is 2.86. The largest absolute Gasteiger partial charge is 0.486 e. The summed E-state index contributed by atoms with van der Waals surface area (Å²) >= 11 is 0. The second-order valence-electron chi connectivity index (χ2n) is 8.96. The van der Waals surface area contributed by atoms with Crippen LogP contribution in [0.4, 0.5) is 4.39 Å². The number of rotatable bonds is 13. The van der Waals surface area contributed by atoms with Gasteiger partial charge >= 0.3 is 5.97 Å². The maximum Gasteiger partial charge on any atom is 0.305 e. The number of halogens is 1. The second-order valence-corrected chi connectivity index (χ2v) is 8.96. The van der Waals surface area contributed by atoms with E-state index in [4.69, 9.17) is 9.84 Å². The van der Waals surface area contributed by atoms with Gasteiger partial charge in [-0.05, 0) is 78.4 Å². The summed E-state index contributed by atoms with van der Waals surface area (Å²) in [4.78, 5) is 23.0. The lowest BCUT2D eigenvalue weighted by Crippen LogP contribution is -2.26. The van der Waals surface area contributed by atoms with Crippen LogP contribution in [-0.4, -0.2) is 23.5 Å². The summed E-state index contributed by atoms with van der Waals surface area (Å²) in [5, 5.41) is 11.4. The van der Waals surface area contributed by atoms with Crippen molar-refractivity contribution in [2.45, 2.75) is 58.5 Å². The summed E-state index contributed by atoms with van der Waals surface area (Å²) in [6.45, 7) is 4.28. The first-order chi connectivity index (χ1) is 17.4. The molecule has 1 atom stereocenters. The molecule has 6 heteroatoms. The first-order valence-electron chi connectivity index (χ1n) is 12.5. The van der Waals surface area contributed by atoms with Crippen molar-refractivity contribution in [3.8, 4) is 16.9 Å². The topological polar surface area (TPSA) is 75.6 Å². The molecule has 0 aliphatic carbocycles. The van der Waals surface area contributed by atoms with E-state index in [1.54, 1.807) is 24.3 Å². The van der Waals surface area contributed by atoms with E-state index in [0.29, 0.717) is 5.56 Å². The third-order valence-electron chi connectivity index (χ3n) is 6.12. The van der Waals surface area contributed by atoms with Crippen LogP contribution in [0.2, 0.25) is 0 Å². The minimum Gasteiger partial charge on any atom is -0.486 e. The SMILES string of the molecule is CCCCCCC(Oc1ccc(-c2ccc(F)cc2)c(C)c1)c1ccc(C(=O)NCCC(=O)O)cc1. The first-order valence-corrected chi connectivity index (χ1v) is 12.5. The quantitative estimate of drug-likeness (QED) is 0.250. The highest BCUT2D eigenvalue weighted by Crippen LogP contribution is 2.31. The minimum atomic E-state index is -0.949. The summed E-state index contributed by atoms with van der Waals surface area (Å²) in [6, 6.07) is 19.7. The average molecular weight is 492 g/mol. The van der Waals surface area contributed by atoms with E-state index in [2.05, 4.69) is 12.2 Å². The number of amides is 1. The fourth-order valence-electron chi connectivity index (χ4n) is 4.11. The lowest BCUT2D eigenvalue weighted by molar-refractivity contribution is -0.136. The summed E-state index contributed by atoms with van der Waals surface area (Å²) in [5.74, 6) is -0.745. The summed E-state index contributed by atoms with van der Waals surface area (Å²) < 4.78 is 19.7. The van der Waals surface area contributed by atoms with Crippen LogP contribution in [0.1, 0.15) is 73.0 Å². The van der Waals surface area contributed by atoms with Crippen LogP contribution in [0.5, 0.6) is 5.75 Å². The van der Waals surface area contributed by atoms with Gasteiger partial charge in [-0.1, -0.05) is 56.5 Å². The molecule has 1 amide bonds. The monoisotopic (exact) mass is 491 g/mol. The van der Waals surface area contributed by atoms with Crippen LogP contribution in [0, 0.1) is 12.7 Å². The number of hydrogen-bond acceptors (Lipinski definition) is 3. The Morgan fingerprint density at radius 2 is 1.69 bits per heavy atom. The molecule has 0 radical (unpaired) electrons. The van der Waals surface area contributed by atoms with Gasteiger partial charge in [0.05, 0.1) is 6.42 Å². The third-order valence-corrected chi connectivity index (χ3v) is 6.12. The Hall–Kier alpha value is -3.67. The van der Waals surface area contributed by atoms with Crippen LogP contribution in [0.3, 0.4) is 0 Å². The van der Waals surface area contributed by atoms with Gasteiger partial charge in [0.2, 0.25) is 0 Å². The highest BCUT2D eigenvalue weighted by atomic mass is 19.1. The van der Waals surface area contributed by atoms with E-state index in [0.717, 1.165) is 53.7 Å². The van der Waals surface area contributed by atoms with Gasteiger partial charge in [0.1, 0.15) is 17.7 Å². The Kier molecular flexibility index (Phi) is 10.0. The fourth-order valence-corrected chi connectivity index (χ4v) is 4.11. The Balaban J connectivity index is 1.74. The van der Waals surface area contributed by atoms with Gasteiger partial charge in [0.15, 0.2) is 0 Å². The third kappa shape index (κ3) is 7.94. The molecule has 0 aromatic heterocycles. The minimum absolute atomic E-state index is 0.0896.